The Kier molecular flexibility index (Phi) is 2.56. The zero-order valence-corrected chi connectivity index (χ0v) is 8.75. The van der Waals surface area contributed by atoms with Crippen molar-refractivity contribution in [2.24, 2.45) is 0 Å². The van der Waals surface area contributed by atoms with E-state index in [1.807, 2.05) is 13.0 Å². The Labute approximate surface area is 92.6 Å². The second-order valence-electron chi connectivity index (χ2n) is 3.28. The highest BCUT2D eigenvalue weighted by molar-refractivity contribution is 5.39. The van der Waals surface area contributed by atoms with Crippen molar-refractivity contribution in [2.75, 3.05) is 0 Å². The zero-order chi connectivity index (χ0) is 11.5. The molecule has 1 N–H and O–H groups in total. The van der Waals surface area contributed by atoms with Crippen LogP contribution in [0.15, 0.2) is 24.3 Å². The second kappa shape index (κ2) is 4.03. The molecule has 5 heteroatoms. The minimum atomic E-state index is 0.197. The summed E-state index contributed by atoms with van der Waals surface area (Å²) in [6.45, 7) is 1.94. The summed E-state index contributed by atoms with van der Waals surface area (Å²) < 4.78 is 1.61. The van der Waals surface area contributed by atoms with Crippen LogP contribution in [0.1, 0.15) is 18.3 Å². The summed E-state index contributed by atoms with van der Waals surface area (Å²) in [5, 5.41) is 25.7. The summed E-state index contributed by atoms with van der Waals surface area (Å²) in [7, 11) is 0. The fourth-order valence-electron chi connectivity index (χ4n) is 1.51. The van der Waals surface area contributed by atoms with Crippen LogP contribution in [0.5, 0.6) is 5.75 Å². The normalized spacial score (nSPS) is 10.0. The molecule has 16 heavy (non-hydrogen) atoms. The van der Waals surface area contributed by atoms with Gasteiger partial charge in [-0.15, -0.1) is 5.10 Å². The summed E-state index contributed by atoms with van der Waals surface area (Å²) in [4.78, 5) is 0. The number of aromatic hydroxyl groups is 1. The summed E-state index contributed by atoms with van der Waals surface area (Å²) in [5.41, 5.74) is 1.90. The number of hydrogen-bond donors (Lipinski definition) is 1. The third kappa shape index (κ3) is 1.61. The lowest BCUT2D eigenvalue weighted by Gasteiger charge is -2.04. The second-order valence-corrected chi connectivity index (χ2v) is 3.28. The molecular formula is C11H10N4O. The van der Waals surface area contributed by atoms with Gasteiger partial charge in [0, 0.05) is 0 Å². The molecule has 80 valence electrons. The van der Waals surface area contributed by atoms with Crippen molar-refractivity contribution in [3.63, 3.8) is 0 Å². The van der Waals surface area contributed by atoms with Gasteiger partial charge in [-0.1, -0.05) is 12.1 Å². The molecule has 0 atom stereocenters. The minimum Gasteiger partial charge on any atom is -0.508 e. The molecule has 1 aromatic carbocycles. The summed E-state index contributed by atoms with van der Waals surface area (Å²) >= 11 is 0. The van der Waals surface area contributed by atoms with Crippen molar-refractivity contribution < 1.29 is 5.11 Å². The van der Waals surface area contributed by atoms with E-state index in [1.54, 1.807) is 28.9 Å². The van der Waals surface area contributed by atoms with Gasteiger partial charge in [0.1, 0.15) is 11.8 Å². The number of benzene rings is 1. The van der Waals surface area contributed by atoms with Gasteiger partial charge in [-0.25, -0.2) is 4.68 Å². The fourth-order valence-corrected chi connectivity index (χ4v) is 1.51. The van der Waals surface area contributed by atoms with Gasteiger partial charge in [-0.3, -0.25) is 0 Å². The molecule has 1 aromatic heterocycles. The first-order chi connectivity index (χ1) is 7.76. The maximum atomic E-state index is 9.18. The zero-order valence-electron chi connectivity index (χ0n) is 8.75. The van der Waals surface area contributed by atoms with Gasteiger partial charge in [0.2, 0.25) is 0 Å². The topological polar surface area (TPSA) is 74.7 Å². The fraction of sp³-hybridized carbons (Fsp3) is 0.182. The lowest BCUT2D eigenvalue weighted by Crippen LogP contribution is -2.01. The van der Waals surface area contributed by atoms with Gasteiger partial charge in [0.25, 0.3) is 0 Å². The summed E-state index contributed by atoms with van der Waals surface area (Å²) in [5.74, 6) is 0.197. The molecule has 0 saturated carbocycles. The first-order valence-electron chi connectivity index (χ1n) is 4.90. The number of phenolic OH excluding ortho intramolecular Hbond substituents is 1. The van der Waals surface area contributed by atoms with Crippen LogP contribution in [0.25, 0.3) is 5.69 Å². The van der Waals surface area contributed by atoms with Gasteiger partial charge >= 0.3 is 0 Å². The Morgan fingerprint density at radius 3 is 2.62 bits per heavy atom. The van der Waals surface area contributed by atoms with Crippen molar-refractivity contribution in [1.82, 2.24) is 15.0 Å². The Hall–Kier alpha value is -2.35. The number of rotatable bonds is 2. The van der Waals surface area contributed by atoms with E-state index in [9.17, 15) is 5.11 Å². The Morgan fingerprint density at radius 2 is 2.06 bits per heavy atom. The molecule has 0 aliphatic carbocycles. The van der Waals surface area contributed by atoms with Crippen LogP contribution >= 0.6 is 0 Å². The molecule has 1 heterocycles. The molecule has 0 saturated heterocycles. The van der Waals surface area contributed by atoms with Crippen LogP contribution in [-0.2, 0) is 6.42 Å². The summed E-state index contributed by atoms with van der Waals surface area (Å²) in [6.07, 6.45) is 0.677. The molecular weight excluding hydrogens is 204 g/mol. The quantitative estimate of drug-likeness (QED) is 0.820. The maximum absolute atomic E-state index is 9.18. The molecule has 0 aliphatic rings. The van der Waals surface area contributed by atoms with E-state index >= 15 is 0 Å². The van der Waals surface area contributed by atoms with Gasteiger partial charge in [-0.2, -0.15) is 5.26 Å². The molecule has 2 aromatic rings. The van der Waals surface area contributed by atoms with Crippen molar-refractivity contribution in [3.8, 4) is 17.5 Å². The number of phenols is 1. The summed E-state index contributed by atoms with van der Waals surface area (Å²) in [6, 6.07) is 8.60. The number of aromatic nitrogens is 3. The predicted octanol–water partition coefficient (Wildman–Crippen LogP) is 1.41. The first-order valence-corrected chi connectivity index (χ1v) is 4.90. The van der Waals surface area contributed by atoms with Gasteiger partial charge in [0.05, 0.1) is 11.4 Å². The maximum Gasteiger partial charge on any atom is 0.186 e. The highest BCUT2D eigenvalue weighted by Crippen LogP contribution is 2.16. The SMILES string of the molecule is CCc1c(C#N)nnn1-c1ccc(O)cc1. The molecule has 0 amide bonds. The third-order valence-corrected chi connectivity index (χ3v) is 2.30. The van der Waals surface area contributed by atoms with Crippen LogP contribution in [0.4, 0.5) is 0 Å². The first kappa shape index (κ1) is 10.2. The molecule has 0 bridgehead atoms. The number of hydrogen-bond acceptors (Lipinski definition) is 4. The minimum absolute atomic E-state index is 0.197. The molecule has 2 rings (SSSR count). The third-order valence-electron chi connectivity index (χ3n) is 2.30. The smallest absolute Gasteiger partial charge is 0.186 e. The Morgan fingerprint density at radius 1 is 1.38 bits per heavy atom. The number of nitrogens with zero attached hydrogens (tertiary/aromatic N) is 4. The lowest BCUT2D eigenvalue weighted by atomic mass is 10.2. The van der Waals surface area contributed by atoms with E-state index in [0.717, 1.165) is 11.4 Å². The molecule has 0 radical (unpaired) electrons. The van der Waals surface area contributed by atoms with Crippen molar-refractivity contribution >= 4 is 0 Å². The van der Waals surface area contributed by atoms with E-state index < -0.39 is 0 Å². The monoisotopic (exact) mass is 214 g/mol. The van der Waals surface area contributed by atoms with E-state index in [4.69, 9.17) is 5.26 Å². The lowest BCUT2D eigenvalue weighted by molar-refractivity contribution is 0.475. The highest BCUT2D eigenvalue weighted by Gasteiger charge is 2.11. The average molecular weight is 214 g/mol. The van der Waals surface area contributed by atoms with Crippen LogP contribution < -0.4 is 0 Å². The molecule has 0 unspecified atom stereocenters. The number of nitriles is 1. The van der Waals surface area contributed by atoms with Crippen molar-refractivity contribution in [3.05, 3.63) is 35.7 Å². The van der Waals surface area contributed by atoms with Gasteiger partial charge < -0.3 is 5.11 Å². The van der Waals surface area contributed by atoms with E-state index in [0.29, 0.717) is 12.1 Å². The van der Waals surface area contributed by atoms with Crippen LogP contribution in [0.3, 0.4) is 0 Å². The largest absolute Gasteiger partial charge is 0.508 e. The highest BCUT2D eigenvalue weighted by atomic mass is 16.3. The van der Waals surface area contributed by atoms with E-state index in [1.165, 1.54) is 0 Å². The molecule has 0 spiro atoms. The van der Waals surface area contributed by atoms with Gasteiger partial charge in [-0.05, 0) is 30.7 Å². The Balaban J connectivity index is 2.52. The Bertz CT molecular complexity index is 536. The van der Waals surface area contributed by atoms with Crippen LogP contribution in [-0.4, -0.2) is 20.1 Å². The average Bonchev–Trinajstić information content (AvgIpc) is 2.72. The standard InChI is InChI=1S/C11H10N4O/c1-2-11-10(7-12)13-14-15(11)8-3-5-9(16)6-4-8/h3-6,16H,2H2,1H3. The van der Waals surface area contributed by atoms with E-state index in [-0.39, 0.29) is 5.75 Å². The van der Waals surface area contributed by atoms with E-state index in [2.05, 4.69) is 10.3 Å². The van der Waals surface area contributed by atoms with Crippen LogP contribution in [0.2, 0.25) is 0 Å². The molecule has 5 nitrogen and oxygen atoms in total. The van der Waals surface area contributed by atoms with Crippen molar-refractivity contribution in [2.45, 2.75) is 13.3 Å². The van der Waals surface area contributed by atoms with Crippen LogP contribution in [0, 0.1) is 11.3 Å². The molecule has 0 fully saturated rings. The van der Waals surface area contributed by atoms with Gasteiger partial charge in [0.15, 0.2) is 5.69 Å². The van der Waals surface area contributed by atoms with Crippen molar-refractivity contribution in [1.29, 1.82) is 5.26 Å². The predicted molar refractivity (Wildman–Crippen MR) is 57.1 cm³/mol. The molecule has 0 aliphatic heterocycles.